The van der Waals surface area contributed by atoms with Crippen molar-refractivity contribution in [3.63, 3.8) is 0 Å². The van der Waals surface area contributed by atoms with Crippen LogP contribution >= 0.6 is 0 Å². The molecule has 4 heteroatoms. The fraction of sp³-hybridized carbons (Fsp3) is 0.923. The number of fused-ring (bicyclic) bond motifs is 5. The van der Waals surface area contributed by atoms with Crippen LogP contribution in [-0.4, -0.2) is 41.9 Å². The highest BCUT2D eigenvalue weighted by molar-refractivity contribution is 5.92. The Labute approximate surface area is 182 Å². The predicted octanol–water partition coefficient (Wildman–Crippen LogP) is 4.99. The van der Waals surface area contributed by atoms with Crippen molar-refractivity contribution in [3.05, 3.63) is 0 Å². The number of nitrogens with zero attached hydrogens (tertiary/aromatic N) is 1. The topological polar surface area (TPSA) is 46.6 Å². The van der Waals surface area contributed by atoms with Crippen LogP contribution in [0.3, 0.4) is 0 Å². The summed E-state index contributed by atoms with van der Waals surface area (Å²) in [5.41, 5.74) is 0.172. The number of carbonyl (C=O) groups is 2. The second-order valence-corrected chi connectivity index (χ2v) is 11.8. The SMILES string of the molecule is CC(=O)OC1CCC2CC[C@@H]3[C@@H](CC[C@]4(C)C(=O)C(N5CCCCC5)C[C@@H]34)[C@@]2(C)C1. The van der Waals surface area contributed by atoms with Crippen LogP contribution in [0.1, 0.15) is 91.4 Å². The quantitative estimate of drug-likeness (QED) is 0.596. The normalized spacial score (nSPS) is 49.1. The van der Waals surface area contributed by atoms with Crippen molar-refractivity contribution in [3.8, 4) is 0 Å². The molecule has 1 aliphatic heterocycles. The number of ketones is 1. The van der Waals surface area contributed by atoms with Crippen LogP contribution in [0.2, 0.25) is 0 Å². The molecule has 168 valence electrons. The molecule has 0 N–H and O–H groups in total. The van der Waals surface area contributed by atoms with Crippen molar-refractivity contribution >= 4 is 11.8 Å². The van der Waals surface area contributed by atoms with Crippen LogP contribution in [0.5, 0.6) is 0 Å². The van der Waals surface area contributed by atoms with Crippen molar-refractivity contribution in [2.75, 3.05) is 13.1 Å². The first kappa shape index (κ1) is 21.0. The maximum Gasteiger partial charge on any atom is 0.302 e. The van der Waals surface area contributed by atoms with Crippen LogP contribution in [0.15, 0.2) is 0 Å². The van der Waals surface area contributed by atoms with E-state index in [4.69, 9.17) is 4.74 Å². The molecule has 5 fully saturated rings. The van der Waals surface area contributed by atoms with E-state index in [1.165, 1.54) is 44.9 Å². The molecule has 5 aliphatic rings. The zero-order valence-electron chi connectivity index (χ0n) is 19.3. The van der Waals surface area contributed by atoms with Gasteiger partial charge >= 0.3 is 5.97 Å². The maximum atomic E-state index is 13.7. The van der Waals surface area contributed by atoms with E-state index < -0.39 is 0 Å². The van der Waals surface area contributed by atoms with Crippen LogP contribution in [0.25, 0.3) is 0 Å². The second-order valence-electron chi connectivity index (χ2n) is 11.8. The zero-order chi connectivity index (χ0) is 21.1. The second kappa shape index (κ2) is 7.60. The Morgan fingerprint density at radius 3 is 2.47 bits per heavy atom. The fourth-order valence-electron chi connectivity index (χ4n) is 8.98. The van der Waals surface area contributed by atoms with Gasteiger partial charge in [0.1, 0.15) is 6.10 Å². The molecule has 1 saturated heterocycles. The Bertz CT molecular complexity index is 700. The molecule has 4 nitrogen and oxygen atoms in total. The molecule has 30 heavy (non-hydrogen) atoms. The Kier molecular flexibility index (Phi) is 5.31. The molecule has 0 bridgehead atoms. The fourth-order valence-corrected chi connectivity index (χ4v) is 8.98. The van der Waals surface area contributed by atoms with Gasteiger partial charge in [-0.25, -0.2) is 0 Å². The minimum atomic E-state index is -0.128. The van der Waals surface area contributed by atoms with Gasteiger partial charge in [0, 0.05) is 12.3 Å². The van der Waals surface area contributed by atoms with Gasteiger partial charge < -0.3 is 4.74 Å². The van der Waals surface area contributed by atoms with E-state index in [1.807, 2.05) is 0 Å². The summed E-state index contributed by atoms with van der Waals surface area (Å²) in [4.78, 5) is 27.8. The van der Waals surface area contributed by atoms with Crippen molar-refractivity contribution < 1.29 is 14.3 Å². The van der Waals surface area contributed by atoms with Gasteiger partial charge in [-0.15, -0.1) is 0 Å². The number of piperidine rings is 1. The van der Waals surface area contributed by atoms with Gasteiger partial charge in [0.15, 0.2) is 5.78 Å². The first-order chi connectivity index (χ1) is 14.3. The molecule has 0 amide bonds. The van der Waals surface area contributed by atoms with Crippen molar-refractivity contribution in [2.24, 2.45) is 34.5 Å². The zero-order valence-corrected chi connectivity index (χ0v) is 19.3. The molecule has 4 saturated carbocycles. The summed E-state index contributed by atoms with van der Waals surface area (Å²) < 4.78 is 5.71. The average Bonchev–Trinajstić information content (AvgIpc) is 2.99. The van der Waals surface area contributed by atoms with E-state index in [-0.39, 0.29) is 28.9 Å². The Balaban J connectivity index is 1.38. The number of hydrogen-bond donors (Lipinski definition) is 0. The van der Waals surface area contributed by atoms with E-state index in [0.717, 1.165) is 44.7 Å². The van der Waals surface area contributed by atoms with E-state index >= 15 is 0 Å². The van der Waals surface area contributed by atoms with Crippen LogP contribution in [-0.2, 0) is 14.3 Å². The number of likely N-dealkylation sites (tertiary alicyclic amines) is 1. The highest BCUT2D eigenvalue weighted by atomic mass is 16.5. The molecule has 0 aromatic rings. The van der Waals surface area contributed by atoms with E-state index in [0.29, 0.717) is 23.5 Å². The first-order valence-corrected chi connectivity index (χ1v) is 12.8. The Hall–Kier alpha value is -0.900. The van der Waals surface area contributed by atoms with Gasteiger partial charge in [0.05, 0.1) is 6.04 Å². The van der Waals surface area contributed by atoms with Gasteiger partial charge in [-0.2, -0.15) is 0 Å². The molecule has 0 aromatic carbocycles. The minimum Gasteiger partial charge on any atom is -0.463 e. The predicted molar refractivity (Wildman–Crippen MR) is 117 cm³/mol. The highest BCUT2D eigenvalue weighted by Crippen LogP contribution is 2.66. The van der Waals surface area contributed by atoms with Crippen molar-refractivity contribution in [2.45, 2.75) is 104 Å². The van der Waals surface area contributed by atoms with Crippen LogP contribution < -0.4 is 0 Å². The number of hydrogen-bond acceptors (Lipinski definition) is 4. The third-order valence-corrected chi connectivity index (χ3v) is 10.5. The number of Topliss-reactive ketones (excluding diaryl/α,β-unsaturated/α-hetero) is 1. The Morgan fingerprint density at radius 2 is 1.73 bits per heavy atom. The number of esters is 1. The largest absolute Gasteiger partial charge is 0.463 e. The summed E-state index contributed by atoms with van der Waals surface area (Å²) in [6.07, 6.45) is 13.2. The molecular formula is C26H41NO3. The molecule has 0 spiro atoms. The standard InChI is InChI=1S/C26H41NO3/c1-17(28)30-19-9-7-18-8-10-20-21(26(18,3)16-19)11-12-25(2)22(20)15-23(24(25)29)27-13-5-4-6-14-27/h18-23H,4-16H2,1-3H3/t18?,19?,20-,21-,22+,23?,25+,26+/m1/s1. The highest BCUT2D eigenvalue weighted by Gasteiger charge is 2.63. The van der Waals surface area contributed by atoms with E-state index in [9.17, 15) is 9.59 Å². The van der Waals surface area contributed by atoms with Crippen LogP contribution in [0.4, 0.5) is 0 Å². The molecule has 3 unspecified atom stereocenters. The lowest BCUT2D eigenvalue weighted by atomic mass is 9.45. The Morgan fingerprint density at radius 1 is 1.00 bits per heavy atom. The van der Waals surface area contributed by atoms with Gasteiger partial charge in [-0.05, 0) is 106 Å². The van der Waals surface area contributed by atoms with E-state index in [2.05, 4.69) is 18.7 Å². The smallest absolute Gasteiger partial charge is 0.302 e. The summed E-state index contributed by atoms with van der Waals surface area (Å²) in [6, 6.07) is 0.185. The lowest BCUT2D eigenvalue weighted by Crippen LogP contribution is -2.54. The van der Waals surface area contributed by atoms with Crippen LogP contribution in [0, 0.1) is 34.5 Å². The van der Waals surface area contributed by atoms with E-state index in [1.54, 1.807) is 6.92 Å². The number of ether oxygens (including phenoxy) is 1. The summed E-state index contributed by atoms with van der Waals surface area (Å²) in [7, 11) is 0. The van der Waals surface area contributed by atoms with Crippen molar-refractivity contribution in [1.82, 2.24) is 4.90 Å². The molecule has 8 atom stereocenters. The molecule has 1 heterocycles. The number of rotatable bonds is 2. The van der Waals surface area contributed by atoms with Gasteiger partial charge in [-0.3, -0.25) is 14.5 Å². The molecule has 0 radical (unpaired) electrons. The number of carbonyl (C=O) groups excluding carboxylic acids is 2. The van der Waals surface area contributed by atoms with Gasteiger partial charge in [0.2, 0.25) is 0 Å². The molecule has 5 rings (SSSR count). The van der Waals surface area contributed by atoms with Gasteiger partial charge in [0.25, 0.3) is 0 Å². The first-order valence-electron chi connectivity index (χ1n) is 12.8. The summed E-state index contributed by atoms with van der Waals surface area (Å²) in [6.45, 7) is 8.62. The summed E-state index contributed by atoms with van der Waals surface area (Å²) in [5, 5.41) is 0. The van der Waals surface area contributed by atoms with Gasteiger partial charge in [-0.1, -0.05) is 20.3 Å². The summed E-state index contributed by atoms with van der Waals surface area (Å²) >= 11 is 0. The summed E-state index contributed by atoms with van der Waals surface area (Å²) in [5.74, 6) is 3.14. The lowest BCUT2D eigenvalue weighted by molar-refractivity contribution is -0.163. The monoisotopic (exact) mass is 415 g/mol. The minimum absolute atomic E-state index is 0.0992. The average molecular weight is 416 g/mol. The third-order valence-electron chi connectivity index (χ3n) is 10.5. The van der Waals surface area contributed by atoms with Crippen molar-refractivity contribution in [1.29, 1.82) is 0 Å². The lowest BCUT2D eigenvalue weighted by Gasteiger charge is -2.60. The third kappa shape index (κ3) is 3.19. The molecule has 4 aliphatic carbocycles. The molecular weight excluding hydrogens is 374 g/mol. The maximum absolute atomic E-state index is 13.7. The molecule has 0 aromatic heterocycles.